The number of hydrogen-bond acceptors (Lipinski definition) is 6. The van der Waals surface area contributed by atoms with E-state index < -0.39 is 11.3 Å². The fourth-order valence-corrected chi connectivity index (χ4v) is 3.04. The van der Waals surface area contributed by atoms with Crippen molar-refractivity contribution in [1.29, 1.82) is 0 Å². The molecule has 0 fully saturated rings. The van der Waals surface area contributed by atoms with E-state index in [1.54, 1.807) is 12.1 Å². The number of carbonyl (C=O) groups excluding carboxylic acids is 1. The molecule has 0 aliphatic carbocycles. The molecule has 2 aromatic carbocycles. The number of nitrogens with zero attached hydrogens (tertiary/aromatic N) is 2. The number of ether oxygens (including phenoxy) is 3. The normalized spacial score (nSPS) is 11.9. The second kappa shape index (κ2) is 8.28. The Hall–Kier alpha value is -3.81. The smallest absolute Gasteiger partial charge is 0.276 e. The van der Waals surface area contributed by atoms with Gasteiger partial charge in [-0.2, -0.15) is 5.10 Å². The van der Waals surface area contributed by atoms with E-state index in [9.17, 15) is 9.59 Å². The third-order valence-corrected chi connectivity index (χ3v) is 4.57. The average molecular weight is 407 g/mol. The van der Waals surface area contributed by atoms with Gasteiger partial charge in [-0.3, -0.25) is 9.59 Å². The standard InChI is InChI=1S/C22H21N3O5/c1-3-28-20-11-17(26)21(24-25(20)16-7-4-14(2)5-8-16)22(27)23-12-15-6-9-18-19(10-15)30-13-29-18/h4-11H,3,12-13H2,1-2H3,(H,23,27). The van der Waals surface area contributed by atoms with Crippen LogP contribution in [0.15, 0.2) is 53.3 Å². The molecule has 0 atom stereocenters. The van der Waals surface area contributed by atoms with Crippen LogP contribution in [0.1, 0.15) is 28.5 Å². The number of aromatic nitrogens is 2. The topological polar surface area (TPSA) is 91.7 Å². The van der Waals surface area contributed by atoms with E-state index >= 15 is 0 Å². The summed E-state index contributed by atoms with van der Waals surface area (Å²) in [5.74, 6) is 1.00. The molecule has 1 aliphatic rings. The molecule has 1 N–H and O–H groups in total. The molecule has 1 aromatic heterocycles. The predicted octanol–water partition coefficient (Wildman–Crippen LogP) is 2.60. The van der Waals surface area contributed by atoms with Gasteiger partial charge < -0.3 is 19.5 Å². The maximum Gasteiger partial charge on any atom is 0.276 e. The van der Waals surface area contributed by atoms with Crippen molar-refractivity contribution in [3.05, 3.63) is 75.6 Å². The van der Waals surface area contributed by atoms with Gasteiger partial charge in [0.1, 0.15) is 0 Å². The van der Waals surface area contributed by atoms with E-state index in [0.717, 1.165) is 11.1 Å². The van der Waals surface area contributed by atoms with Gasteiger partial charge in [0.2, 0.25) is 18.1 Å². The summed E-state index contributed by atoms with van der Waals surface area (Å²) in [6.07, 6.45) is 0. The lowest BCUT2D eigenvalue weighted by Gasteiger charge is -2.14. The molecular formula is C22H21N3O5. The molecule has 0 radical (unpaired) electrons. The Morgan fingerprint density at radius 2 is 1.90 bits per heavy atom. The molecule has 4 rings (SSSR count). The fourth-order valence-electron chi connectivity index (χ4n) is 3.04. The van der Waals surface area contributed by atoms with Crippen molar-refractivity contribution < 1.29 is 19.0 Å². The first-order valence-electron chi connectivity index (χ1n) is 9.56. The van der Waals surface area contributed by atoms with Crippen LogP contribution in [0.2, 0.25) is 0 Å². The number of nitrogens with one attached hydrogen (secondary N) is 1. The molecule has 0 saturated carbocycles. The highest BCUT2D eigenvalue weighted by molar-refractivity contribution is 5.92. The van der Waals surface area contributed by atoms with Crippen LogP contribution >= 0.6 is 0 Å². The molecule has 2 heterocycles. The molecule has 8 nitrogen and oxygen atoms in total. The Labute approximate surface area is 173 Å². The van der Waals surface area contributed by atoms with Gasteiger partial charge >= 0.3 is 0 Å². The maximum absolute atomic E-state index is 12.7. The zero-order valence-corrected chi connectivity index (χ0v) is 16.7. The Bertz CT molecular complexity index is 1140. The largest absolute Gasteiger partial charge is 0.478 e. The van der Waals surface area contributed by atoms with Crippen molar-refractivity contribution in [2.75, 3.05) is 13.4 Å². The van der Waals surface area contributed by atoms with E-state index in [1.165, 1.54) is 10.7 Å². The molecular weight excluding hydrogens is 386 g/mol. The lowest BCUT2D eigenvalue weighted by molar-refractivity contribution is 0.0942. The van der Waals surface area contributed by atoms with Crippen LogP contribution in [0.4, 0.5) is 0 Å². The Morgan fingerprint density at radius 3 is 2.67 bits per heavy atom. The molecule has 0 saturated heterocycles. The van der Waals surface area contributed by atoms with E-state index in [4.69, 9.17) is 14.2 Å². The van der Waals surface area contributed by atoms with Crippen LogP contribution in [0.3, 0.4) is 0 Å². The quantitative estimate of drug-likeness (QED) is 0.675. The molecule has 8 heteroatoms. The number of benzene rings is 2. The molecule has 1 amide bonds. The minimum atomic E-state index is -0.568. The summed E-state index contributed by atoms with van der Waals surface area (Å²) in [5.41, 5.74) is 1.87. The molecule has 0 bridgehead atoms. The summed E-state index contributed by atoms with van der Waals surface area (Å²) in [6, 6.07) is 14.2. The van der Waals surface area contributed by atoms with Gasteiger partial charge in [0.05, 0.1) is 18.4 Å². The molecule has 0 spiro atoms. The summed E-state index contributed by atoms with van der Waals surface area (Å²) >= 11 is 0. The lowest BCUT2D eigenvalue weighted by Crippen LogP contribution is -2.31. The monoisotopic (exact) mass is 407 g/mol. The zero-order chi connectivity index (χ0) is 21.1. The number of amides is 1. The van der Waals surface area contributed by atoms with Gasteiger partial charge in [-0.05, 0) is 43.7 Å². The van der Waals surface area contributed by atoms with Gasteiger partial charge in [0, 0.05) is 6.54 Å². The van der Waals surface area contributed by atoms with Crippen molar-refractivity contribution in [3.63, 3.8) is 0 Å². The van der Waals surface area contributed by atoms with Gasteiger partial charge in [-0.25, -0.2) is 4.68 Å². The number of fused-ring (bicyclic) bond motifs is 1. The molecule has 154 valence electrons. The number of aryl methyl sites for hydroxylation is 1. The summed E-state index contributed by atoms with van der Waals surface area (Å²) in [6.45, 7) is 4.55. The number of carbonyl (C=O) groups is 1. The Balaban J connectivity index is 1.59. The molecule has 1 aliphatic heterocycles. The highest BCUT2D eigenvalue weighted by atomic mass is 16.7. The van der Waals surface area contributed by atoms with Gasteiger partial charge in [0.15, 0.2) is 17.2 Å². The van der Waals surface area contributed by atoms with E-state index in [2.05, 4.69) is 10.4 Å². The zero-order valence-electron chi connectivity index (χ0n) is 16.7. The minimum Gasteiger partial charge on any atom is -0.478 e. The Kier molecular flexibility index (Phi) is 5.38. The first-order valence-corrected chi connectivity index (χ1v) is 9.56. The second-order valence-corrected chi connectivity index (χ2v) is 6.75. The van der Waals surface area contributed by atoms with Crippen molar-refractivity contribution >= 4 is 5.91 Å². The Morgan fingerprint density at radius 1 is 1.13 bits per heavy atom. The highest BCUT2D eigenvalue weighted by Gasteiger charge is 2.18. The average Bonchev–Trinajstić information content (AvgIpc) is 3.21. The van der Waals surface area contributed by atoms with Gasteiger partial charge in [0.25, 0.3) is 5.91 Å². The molecule has 3 aromatic rings. The van der Waals surface area contributed by atoms with Crippen LogP contribution in [-0.4, -0.2) is 29.1 Å². The minimum absolute atomic E-state index is 0.180. The van der Waals surface area contributed by atoms with Gasteiger partial charge in [-0.1, -0.05) is 23.8 Å². The molecule has 30 heavy (non-hydrogen) atoms. The van der Waals surface area contributed by atoms with E-state index in [1.807, 2.05) is 44.2 Å². The summed E-state index contributed by atoms with van der Waals surface area (Å²) in [7, 11) is 0. The van der Waals surface area contributed by atoms with Crippen molar-refractivity contribution in [1.82, 2.24) is 15.1 Å². The van der Waals surface area contributed by atoms with Crippen molar-refractivity contribution in [3.8, 4) is 23.1 Å². The van der Waals surface area contributed by atoms with Gasteiger partial charge in [-0.15, -0.1) is 0 Å². The molecule has 0 unspecified atom stereocenters. The summed E-state index contributed by atoms with van der Waals surface area (Å²) in [4.78, 5) is 25.2. The SMILES string of the molecule is CCOc1cc(=O)c(C(=O)NCc2ccc3c(c2)OCO3)nn1-c1ccc(C)cc1. The fraction of sp³-hybridized carbons (Fsp3) is 0.227. The van der Waals surface area contributed by atoms with Crippen LogP contribution < -0.4 is 25.0 Å². The summed E-state index contributed by atoms with van der Waals surface area (Å²) in [5, 5.41) is 7.02. The lowest BCUT2D eigenvalue weighted by atomic mass is 10.2. The van der Waals surface area contributed by atoms with Crippen LogP contribution in [0.5, 0.6) is 17.4 Å². The van der Waals surface area contributed by atoms with Crippen molar-refractivity contribution in [2.24, 2.45) is 0 Å². The number of rotatable bonds is 6. The van der Waals surface area contributed by atoms with Crippen LogP contribution in [0.25, 0.3) is 5.69 Å². The maximum atomic E-state index is 12.7. The van der Waals surface area contributed by atoms with E-state index in [0.29, 0.717) is 23.8 Å². The summed E-state index contributed by atoms with van der Waals surface area (Å²) < 4.78 is 17.6. The third kappa shape index (κ3) is 3.98. The first kappa shape index (κ1) is 19.5. The third-order valence-electron chi connectivity index (χ3n) is 4.57. The number of hydrogen-bond donors (Lipinski definition) is 1. The first-order chi connectivity index (χ1) is 14.5. The van der Waals surface area contributed by atoms with Crippen molar-refractivity contribution in [2.45, 2.75) is 20.4 Å². The second-order valence-electron chi connectivity index (χ2n) is 6.75. The highest BCUT2D eigenvalue weighted by Crippen LogP contribution is 2.32. The van der Waals surface area contributed by atoms with Crippen LogP contribution in [0, 0.1) is 6.92 Å². The van der Waals surface area contributed by atoms with E-state index in [-0.39, 0.29) is 24.9 Å². The predicted molar refractivity (Wildman–Crippen MR) is 109 cm³/mol. The van der Waals surface area contributed by atoms with Crippen LogP contribution in [-0.2, 0) is 6.54 Å².